The van der Waals surface area contributed by atoms with Gasteiger partial charge in [-0.1, -0.05) is 12.1 Å². The fourth-order valence-electron chi connectivity index (χ4n) is 1.98. The van der Waals surface area contributed by atoms with Gasteiger partial charge in [0.15, 0.2) is 0 Å². The smallest absolute Gasteiger partial charge is 0.263 e. The zero-order chi connectivity index (χ0) is 15.1. The molecule has 0 fully saturated rings. The highest BCUT2D eigenvalue weighted by molar-refractivity contribution is 8.00. The van der Waals surface area contributed by atoms with Crippen LogP contribution in [0.3, 0.4) is 0 Å². The molecule has 0 bridgehead atoms. The van der Waals surface area contributed by atoms with Crippen molar-refractivity contribution < 1.29 is 12.8 Å². The van der Waals surface area contributed by atoms with Crippen molar-refractivity contribution in [3.8, 4) is 0 Å². The van der Waals surface area contributed by atoms with Crippen LogP contribution in [0.2, 0.25) is 0 Å². The second kappa shape index (κ2) is 4.70. The number of rotatable bonds is 1. The Labute approximate surface area is 118 Å². The first kappa shape index (κ1) is 14.7. The van der Waals surface area contributed by atoms with E-state index in [1.165, 1.54) is 24.3 Å². The van der Waals surface area contributed by atoms with Gasteiger partial charge in [-0.25, -0.2) is 12.8 Å². The summed E-state index contributed by atoms with van der Waals surface area (Å²) < 4.78 is 39.8. The lowest BCUT2D eigenvalue weighted by Crippen LogP contribution is -2.26. The van der Waals surface area contributed by atoms with E-state index in [4.69, 9.17) is 0 Å². The SMILES string of the molecule is CC1=C(c2ccc(F)cc2)S(=O)(=O)NC1=NC(C)(C)C. The van der Waals surface area contributed by atoms with Crippen LogP contribution in [0.25, 0.3) is 4.91 Å². The molecular weight excluding hydrogens is 279 g/mol. The molecule has 0 spiro atoms. The summed E-state index contributed by atoms with van der Waals surface area (Å²) in [5.74, 6) is -0.0595. The standard InChI is InChI=1S/C14H17FN2O2S/c1-9-12(10-5-7-11(15)8-6-10)20(18,19)17-13(9)16-14(2,3)4/h5-8H,1-4H3,(H,16,17). The molecule has 1 aliphatic heterocycles. The van der Waals surface area contributed by atoms with E-state index in [2.05, 4.69) is 9.71 Å². The quantitative estimate of drug-likeness (QED) is 0.866. The van der Waals surface area contributed by atoms with Crippen LogP contribution in [-0.2, 0) is 10.0 Å². The number of hydrogen-bond acceptors (Lipinski definition) is 3. The molecule has 0 saturated heterocycles. The minimum atomic E-state index is -3.65. The van der Waals surface area contributed by atoms with Gasteiger partial charge in [-0.05, 0) is 45.4 Å². The van der Waals surface area contributed by atoms with Crippen LogP contribution < -0.4 is 4.72 Å². The van der Waals surface area contributed by atoms with Crippen molar-refractivity contribution in [1.29, 1.82) is 0 Å². The van der Waals surface area contributed by atoms with Crippen LogP contribution in [0.1, 0.15) is 33.3 Å². The molecule has 1 aliphatic rings. The topological polar surface area (TPSA) is 58.5 Å². The Morgan fingerprint density at radius 1 is 1.15 bits per heavy atom. The van der Waals surface area contributed by atoms with E-state index in [1.807, 2.05) is 20.8 Å². The number of sulfonamides is 1. The van der Waals surface area contributed by atoms with Gasteiger partial charge in [0.05, 0.1) is 5.54 Å². The summed E-state index contributed by atoms with van der Waals surface area (Å²) in [4.78, 5) is 4.53. The van der Waals surface area contributed by atoms with Crippen LogP contribution in [-0.4, -0.2) is 19.8 Å². The molecule has 4 nitrogen and oxygen atoms in total. The molecule has 0 aliphatic carbocycles. The number of aliphatic imine (C=N–C) groups is 1. The molecule has 20 heavy (non-hydrogen) atoms. The molecule has 6 heteroatoms. The van der Waals surface area contributed by atoms with E-state index in [1.54, 1.807) is 6.92 Å². The molecule has 0 amide bonds. The maximum atomic E-state index is 13.0. The van der Waals surface area contributed by atoms with Crippen LogP contribution in [0.15, 0.2) is 34.8 Å². The average Bonchev–Trinajstić information content (AvgIpc) is 2.49. The average molecular weight is 296 g/mol. The number of nitrogens with zero attached hydrogens (tertiary/aromatic N) is 1. The van der Waals surface area contributed by atoms with Crippen molar-refractivity contribution in [2.75, 3.05) is 0 Å². The minimum absolute atomic E-state index is 0.153. The first-order valence-corrected chi connectivity index (χ1v) is 7.68. The van der Waals surface area contributed by atoms with Crippen molar-refractivity contribution in [1.82, 2.24) is 4.72 Å². The van der Waals surface area contributed by atoms with Gasteiger partial charge in [-0.2, -0.15) is 0 Å². The molecule has 0 saturated carbocycles. The maximum absolute atomic E-state index is 13.0. The van der Waals surface area contributed by atoms with Gasteiger partial charge in [0, 0.05) is 5.57 Å². The van der Waals surface area contributed by atoms with Gasteiger partial charge in [0.25, 0.3) is 10.0 Å². The van der Waals surface area contributed by atoms with Gasteiger partial charge in [0.1, 0.15) is 16.6 Å². The summed E-state index contributed by atoms with van der Waals surface area (Å²) in [6, 6.07) is 5.38. The molecule has 0 atom stereocenters. The molecular formula is C14H17FN2O2S. The van der Waals surface area contributed by atoms with Gasteiger partial charge in [-0.15, -0.1) is 0 Å². The van der Waals surface area contributed by atoms with E-state index in [0.29, 0.717) is 17.0 Å². The second-order valence-electron chi connectivity index (χ2n) is 5.70. The number of benzene rings is 1. The normalized spacial score (nSPS) is 20.4. The van der Waals surface area contributed by atoms with Gasteiger partial charge in [-0.3, -0.25) is 9.71 Å². The molecule has 0 unspecified atom stereocenters. The Morgan fingerprint density at radius 2 is 1.70 bits per heavy atom. The highest BCUT2D eigenvalue weighted by Gasteiger charge is 2.33. The first-order valence-electron chi connectivity index (χ1n) is 6.20. The fraction of sp³-hybridized carbons (Fsp3) is 0.357. The Morgan fingerprint density at radius 3 is 2.20 bits per heavy atom. The van der Waals surface area contributed by atoms with Gasteiger partial charge in [0.2, 0.25) is 0 Å². The van der Waals surface area contributed by atoms with E-state index in [9.17, 15) is 12.8 Å². The van der Waals surface area contributed by atoms with Crippen LogP contribution >= 0.6 is 0 Å². The number of nitrogens with one attached hydrogen (secondary N) is 1. The number of amidine groups is 1. The summed E-state index contributed by atoms with van der Waals surface area (Å²) in [5.41, 5.74) is 0.610. The lowest BCUT2D eigenvalue weighted by molar-refractivity contribution is 0.580. The zero-order valence-corrected chi connectivity index (χ0v) is 12.7. The lowest BCUT2D eigenvalue weighted by atomic mass is 10.1. The van der Waals surface area contributed by atoms with E-state index in [-0.39, 0.29) is 4.91 Å². The van der Waals surface area contributed by atoms with Crippen LogP contribution in [0, 0.1) is 5.82 Å². The lowest BCUT2D eigenvalue weighted by Gasteiger charge is -2.13. The third-order valence-electron chi connectivity index (χ3n) is 2.75. The predicted molar refractivity (Wildman–Crippen MR) is 78.2 cm³/mol. The minimum Gasteiger partial charge on any atom is -0.263 e. The first-order chi connectivity index (χ1) is 9.10. The monoisotopic (exact) mass is 296 g/mol. The van der Waals surface area contributed by atoms with Crippen molar-refractivity contribution in [2.45, 2.75) is 33.2 Å². The largest absolute Gasteiger partial charge is 0.264 e. The highest BCUT2D eigenvalue weighted by Crippen LogP contribution is 2.30. The maximum Gasteiger partial charge on any atom is 0.264 e. The fourth-order valence-corrected chi connectivity index (χ4v) is 3.48. The third-order valence-corrected chi connectivity index (χ3v) is 4.29. The highest BCUT2D eigenvalue weighted by atomic mass is 32.2. The molecule has 1 aromatic rings. The Balaban J connectivity index is 2.60. The Kier molecular flexibility index (Phi) is 3.46. The summed E-state index contributed by atoms with van der Waals surface area (Å²) in [6.07, 6.45) is 0. The van der Waals surface area contributed by atoms with Crippen molar-refractivity contribution >= 4 is 20.8 Å². The van der Waals surface area contributed by atoms with Crippen molar-refractivity contribution in [2.24, 2.45) is 4.99 Å². The third kappa shape index (κ3) is 2.90. The van der Waals surface area contributed by atoms with E-state index < -0.39 is 21.4 Å². The summed E-state index contributed by atoms with van der Waals surface area (Å²) in [5, 5.41) is 0. The summed E-state index contributed by atoms with van der Waals surface area (Å²) in [6.45, 7) is 7.35. The van der Waals surface area contributed by atoms with Crippen molar-refractivity contribution in [3.63, 3.8) is 0 Å². The van der Waals surface area contributed by atoms with E-state index in [0.717, 1.165) is 0 Å². The number of halogens is 1. The van der Waals surface area contributed by atoms with Gasteiger partial charge < -0.3 is 0 Å². The molecule has 2 rings (SSSR count). The zero-order valence-electron chi connectivity index (χ0n) is 11.9. The summed E-state index contributed by atoms with van der Waals surface area (Å²) in [7, 11) is -3.65. The molecule has 1 heterocycles. The molecule has 0 aromatic heterocycles. The van der Waals surface area contributed by atoms with Crippen LogP contribution in [0.5, 0.6) is 0 Å². The summed E-state index contributed by atoms with van der Waals surface area (Å²) >= 11 is 0. The van der Waals surface area contributed by atoms with E-state index >= 15 is 0 Å². The van der Waals surface area contributed by atoms with Crippen molar-refractivity contribution in [3.05, 3.63) is 41.2 Å². The molecule has 1 N–H and O–H groups in total. The molecule has 108 valence electrons. The van der Waals surface area contributed by atoms with Gasteiger partial charge >= 0.3 is 0 Å². The number of hydrogen-bond donors (Lipinski definition) is 1. The molecule has 1 aromatic carbocycles. The predicted octanol–water partition coefficient (Wildman–Crippen LogP) is 2.69. The Bertz CT molecular complexity index is 696. The van der Waals surface area contributed by atoms with Crippen LogP contribution in [0.4, 0.5) is 4.39 Å². The Hall–Kier alpha value is -1.69. The molecule has 0 radical (unpaired) electrons. The second-order valence-corrected chi connectivity index (χ2v) is 7.32.